The first kappa shape index (κ1) is 18.0. The molecule has 1 saturated heterocycles. The third-order valence-electron chi connectivity index (χ3n) is 4.42. The first-order chi connectivity index (χ1) is 12.0. The number of amides is 1. The van der Waals surface area contributed by atoms with Crippen LogP contribution in [0.1, 0.15) is 43.0 Å². The Hall–Kier alpha value is -1.77. The van der Waals surface area contributed by atoms with Gasteiger partial charge in [0.15, 0.2) is 5.13 Å². The van der Waals surface area contributed by atoms with Gasteiger partial charge in [0.05, 0.1) is 4.90 Å². The second-order valence-corrected chi connectivity index (χ2v) is 8.77. The Balaban J connectivity index is 1.77. The standard InChI is InChI=1S/C17H21N3O3S2/c1-2-14-5-3-4-11-20(14)25(22,23)15-8-6-13(7-9-15)16(21)19-17-18-10-12-24-17/h6-10,12,14H,2-5,11H2,1H3,(H,18,19,21)/t14-/m0/s1. The molecule has 1 aromatic carbocycles. The van der Waals surface area contributed by atoms with E-state index in [0.29, 0.717) is 17.2 Å². The third kappa shape index (κ3) is 3.91. The number of sulfonamides is 1. The number of rotatable bonds is 5. The van der Waals surface area contributed by atoms with Gasteiger partial charge < -0.3 is 0 Å². The number of anilines is 1. The van der Waals surface area contributed by atoms with E-state index in [2.05, 4.69) is 10.3 Å². The zero-order chi connectivity index (χ0) is 17.9. The summed E-state index contributed by atoms with van der Waals surface area (Å²) in [6.45, 7) is 2.58. The summed E-state index contributed by atoms with van der Waals surface area (Å²) < 4.78 is 27.4. The van der Waals surface area contributed by atoms with Crippen molar-refractivity contribution < 1.29 is 13.2 Å². The first-order valence-electron chi connectivity index (χ1n) is 8.35. The molecule has 1 fully saturated rings. The van der Waals surface area contributed by atoms with Gasteiger partial charge in [0.25, 0.3) is 5.91 Å². The second-order valence-electron chi connectivity index (χ2n) is 5.99. The molecule has 1 atom stereocenters. The average Bonchev–Trinajstić information content (AvgIpc) is 3.14. The number of thiazole rings is 1. The van der Waals surface area contributed by atoms with Crippen LogP contribution in [0.3, 0.4) is 0 Å². The molecule has 0 radical (unpaired) electrons. The second kappa shape index (κ2) is 7.63. The van der Waals surface area contributed by atoms with Gasteiger partial charge in [0.1, 0.15) is 0 Å². The Morgan fingerprint density at radius 2 is 2.08 bits per heavy atom. The van der Waals surface area contributed by atoms with Crippen molar-refractivity contribution in [2.75, 3.05) is 11.9 Å². The summed E-state index contributed by atoms with van der Waals surface area (Å²) in [4.78, 5) is 16.4. The maximum Gasteiger partial charge on any atom is 0.257 e. The molecule has 0 saturated carbocycles. The van der Waals surface area contributed by atoms with Crippen LogP contribution in [0.5, 0.6) is 0 Å². The molecule has 3 rings (SSSR count). The van der Waals surface area contributed by atoms with Gasteiger partial charge in [0.2, 0.25) is 10.0 Å². The predicted molar refractivity (Wildman–Crippen MR) is 98.3 cm³/mol. The van der Waals surface area contributed by atoms with E-state index < -0.39 is 10.0 Å². The molecular formula is C17H21N3O3S2. The summed E-state index contributed by atoms with van der Waals surface area (Å²) in [6, 6.07) is 6.16. The van der Waals surface area contributed by atoms with E-state index in [1.807, 2.05) is 6.92 Å². The monoisotopic (exact) mass is 379 g/mol. The molecule has 0 aliphatic carbocycles. The Morgan fingerprint density at radius 3 is 2.72 bits per heavy atom. The van der Waals surface area contributed by atoms with Crippen LogP contribution < -0.4 is 5.32 Å². The number of carbonyl (C=O) groups excluding carboxylic acids is 1. The summed E-state index contributed by atoms with van der Waals surface area (Å²) in [5, 5.41) is 4.97. The van der Waals surface area contributed by atoms with Gasteiger partial charge in [-0.15, -0.1) is 11.3 Å². The Kier molecular flexibility index (Phi) is 5.51. The van der Waals surface area contributed by atoms with Gasteiger partial charge in [-0.05, 0) is 43.5 Å². The molecule has 1 N–H and O–H groups in total. The lowest BCUT2D eigenvalue weighted by atomic mass is 10.0. The predicted octanol–water partition coefficient (Wildman–Crippen LogP) is 3.35. The largest absolute Gasteiger partial charge is 0.298 e. The summed E-state index contributed by atoms with van der Waals surface area (Å²) in [7, 11) is -3.52. The first-order valence-corrected chi connectivity index (χ1v) is 10.7. The van der Waals surface area contributed by atoms with Crippen molar-refractivity contribution in [1.29, 1.82) is 0 Å². The van der Waals surface area contributed by atoms with Crippen molar-refractivity contribution in [1.82, 2.24) is 9.29 Å². The maximum absolute atomic E-state index is 12.9. The Bertz CT molecular complexity index is 817. The fourth-order valence-corrected chi connectivity index (χ4v) is 5.36. The minimum absolute atomic E-state index is 0.0617. The molecule has 1 amide bonds. The minimum atomic E-state index is -3.52. The maximum atomic E-state index is 12.9. The van der Waals surface area contributed by atoms with E-state index in [1.165, 1.54) is 23.5 Å². The number of piperidine rings is 1. The Morgan fingerprint density at radius 1 is 1.32 bits per heavy atom. The van der Waals surface area contributed by atoms with Crippen LogP contribution in [0.2, 0.25) is 0 Å². The summed E-state index contributed by atoms with van der Waals surface area (Å²) >= 11 is 1.33. The van der Waals surface area contributed by atoms with Crippen molar-refractivity contribution >= 4 is 32.4 Å². The van der Waals surface area contributed by atoms with Crippen molar-refractivity contribution in [2.45, 2.75) is 43.5 Å². The van der Waals surface area contributed by atoms with E-state index in [4.69, 9.17) is 0 Å². The van der Waals surface area contributed by atoms with Gasteiger partial charge in [-0.1, -0.05) is 13.3 Å². The molecule has 1 aromatic heterocycles. The summed E-state index contributed by atoms with van der Waals surface area (Å²) in [5.74, 6) is -0.302. The van der Waals surface area contributed by atoms with E-state index in [9.17, 15) is 13.2 Å². The highest BCUT2D eigenvalue weighted by molar-refractivity contribution is 7.89. The molecule has 2 aromatic rings. The molecule has 0 bridgehead atoms. The van der Waals surface area contributed by atoms with Crippen LogP contribution in [0.15, 0.2) is 40.7 Å². The van der Waals surface area contributed by atoms with Crippen molar-refractivity contribution in [3.63, 3.8) is 0 Å². The van der Waals surface area contributed by atoms with Crippen LogP contribution in [-0.2, 0) is 10.0 Å². The number of hydrogen-bond donors (Lipinski definition) is 1. The van der Waals surface area contributed by atoms with E-state index >= 15 is 0 Å². The highest BCUT2D eigenvalue weighted by Crippen LogP contribution is 2.27. The summed E-state index contributed by atoms with van der Waals surface area (Å²) in [6.07, 6.45) is 5.29. The van der Waals surface area contributed by atoms with Crippen LogP contribution in [-0.4, -0.2) is 36.2 Å². The molecule has 6 nitrogen and oxygen atoms in total. The van der Waals surface area contributed by atoms with Crippen LogP contribution in [0.4, 0.5) is 5.13 Å². The van der Waals surface area contributed by atoms with Crippen LogP contribution in [0, 0.1) is 0 Å². The van der Waals surface area contributed by atoms with Gasteiger partial charge >= 0.3 is 0 Å². The molecule has 0 spiro atoms. The fourth-order valence-electron chi connectivity index (χ4n) is 3.07. The molecule has 1 aliphatic heterocycles. The van der Waals surface area contributed by atoms with Crippen molar-refractivity contribution in [3.8, 4) is 0 Å². The number of carbonyl (C=O) groups is 1. The summed E-state index contributed by atoms with van der Waals surface area (Å²) in [5.41, 5.74) is 0.403. The number of aromatic nitrogens is 1. The SMILES string of the molecule is CC[C@H]1CCCCN1S(=O)(=O)c1ccc(C(=O)Nc2nccs2)cc1. The lowest BCUT2D eigenvalue weighted by Gasteiger charge is -2.34. The highest BCUT2D eigenvalue weighted by atomic mass is 32.2. The highest BCUT2D eigenvalue weighted by Gasteiger charge is 2.32. The van der Waals surface area contributed by atoms with E-state index in [1.54, 1.807) is 28.0 Å². The number of nitrogens with zero attached hydrogens (tertiary/aromatic N) is 2. The van der Waals surface area contributed by atoms with Crippen molar-refractivity contribution in [3.05, 3.63) is 41.4 Å². The zero-order valence-corrected chi connectivity index (χ0v) is 15.6. The molecule has 1 aliphatic rings. The molecule has 8 heteroatoms. The van der Waals surface area contributed by atoms with Crippen LogP contribution >= 0.6 is 11.3 Å². The van der Waals surface area contributed by atoms with Gasteiger partial charge in [-0.2, -0.15) is 4.31 Å². The number of nitrogens with one attached hydrogen (secondary N) is 1. The van der Waals surface area contributed by atoms with Crippen LogP contribution in [0.25, 0.3) is 0 Å². The third-order valence-corrected chi connectivity index (χ3v) is 7.07. The average molecular weight is 380 g/mol. The van der Waals surface area contributed by atoms with Crippen molar-refractivity contribution in [2.24, 2.45) is 0 Å². The van der Waals surface area contributed by atoms with E-state index in [-0.39, 0.29) is 16.8 Å². The number of benzene rings is 1. The smallest absolute Gasteiger partial charge is 0.257 e. The quantitative estimate of drug-likeness (QED) is 0.864. The molecule has 2 heterocycles. The zero-order valence-electron chi connectivity index (χ0n) is 14.0. The Labute approximate surface area is 151 Å². The fraction of sp³-hybridized carbons (Fsp3) is 0.412. The normalized spacial score (nSPS) is 18.8. The van der Waals surface area contributed by atoms with Gasteiger partial charge in [-0.3, -0.25) is 10.1 Å². The minimum Gasteiger partial charge on any atom is -0.298 e. The van der Waals surface area contributed by atoms with Gasteiger partial charge in [-0.25, -0.2) is 13.4 Å². The molecule has 0 unspecified atom stereocenters. The lowest BCUT2D eigenvalue weighted by Crippen LogP contribution is -2.43. The van der Waals surface area contributed by atoms with Gasteiger partial charge in [0, 0.05) is 29.7 Å². The number of hydrogen-bond acceptors (Lipinski definition) is 5. The topological polar surface area (TPSA) is 79.4 Å². The van der Waals surface area contributed by atoms with E-state index in [0.717, 1.165) is 25.7 Å². The molecule has 25 heavy (non-hydrogen) atoms. The molecular weight excluding hydrogens is 358 g/mol. The lowest BCUT2D eigenvalue weighted by molar-refractivity contribution is 0.102. The molecule has 134 valence electrons.